The summed E-state index contributed by atoms with van der Waals surface area (Å²) < 4.78 is 10.4. The second-order valence-electron chi connectivity index (χ2n) is 4.52. The van der Waals surface area contributed by atoms with Gasteiger partial charge in [0.25, 0.3) is 0 Å². The standard InChI is InChI=1S/C14H13ClO5/c1-6-7(2)14(18)20-11-5-12(10(15)4-9(6)11)19-8(3)13(16)17/h4-5,8H,1-3H3,(H,16,17)/t8-/m1/s1. The Kier molecular flexibility index (Phi) is 3.72. The molecule has 2 rings (SSSR count). The molecule has 1 heterocycles. The molecule has 0 spiro atoms. The Balaban J connectivity index is 2.60. The highest BCUT2D eigenvalue weighted by atomic mass is 35.5. The number of benzene rings is 1. The Morgan fingerprint density at radius 3 is 2.60 bits per heavy atom. The van der Waals surface area contributed by atoms with Crippen LogP contribution in [-0.2, 0) is 4.79 Å². The van der Waals surface area contributed by atoms with Crippen LogP contribution >= 0.6 is 11.6 Å². The highest BCUT2D eigenvalue weighted by Gasteiger charge is 2.17. The summed E-state index contributed by atoms with van der Waals surface area (Å²) in [5.74, 6) is -0.942. The third-order valence-corrected chi connectivity index (χ3v) is 3.46. The zero-order valence-electron chi connectivity index (χ0n) is 11.2. The molecule has 20 heavy (non-hydrogen) atoms. The quantitative estimate of drug-likeness (QED) is 0.881. The Labute approximate surface area is 119 Å². The van der Waals surface area contributed by atoms with Crippen molar-refractivity contribution in [3.05, 3.63) is 38.7 Å². The maximum atomic E-state index is 11.6. The first-order valence-corrected chi connectivity index (χ1v) is 6.32. The maximum absolute atomic E-state index is 11.6. The fraction of sp³-hybridized carbons (Fsp3) is 0.286. The molecule has 5 nitrogen and oxygen atoms in total. The molecule has 0 bridgehead atoms. The van der Waals surface area contributed by atoms with E-state index < -0.39 is 17.7 Å². The highest BCUT2D eigenvalue weighted by molar-refractivity contribution is 6.32. The van der Waals surface area contributed by atoms with Gasteiger partial charge >= 0.3 is 11.6 Å². The van der Waals surface area contributed by atoms with Gasteiger partial charge in [-0.1, -0.05) is 11.6 Å². The Hall–Kier alpha value is -2.01. The summed E-state index contributed by atoms with van der Waals surface area (Å²) in [7, 11) is 0. The smallest absolute Gasteiger partial charge is 0.344 e. The molecule has 1 N–H and O–H groups in total. The summed E-state index contributed by atoms with van der Waals surface area (Å²) in [5.41, 5.74) is 1.17. The average molecular weight is 297 g/mol. The minimum Gasteiger partial charge on any atom is -0.479 e. The summed E-state index contributed by atoms with van der Waals surface area (Å²) in [5, 5.41) is 9.79. The van der Waals surface area contributed by atoms with Crippen LogP contribution in [0.25, 0.3) is 11.0 Å². The number of fused-ring (bicyclic) bond motifs is 1. The van der Waals surface area contributed by atoms with Gasteiger partial charge in [-0.25, -0.2) is 9.59 Å². The van der Waals surface area contributed by atoms with Crippen LogP contribution < -0.4 is 10.4 Å². The normalized spacial score (nSPS) is 12.4. The number of carbonyl (C=O) groups is 1. The van der Waals surface area contributed by atoms with Crippen LogP contribution in [0, 0.1) is 13.8 Å². The van der Waals surface area contributed by atoms with E-state index in [-0.39, 0.29) is 10.8 Å². The van der Waals surface area contributed by atoms with Gasteiger partial charge in [-0.15, -0.1) is 0 Å². The van der Waals surface area contributed by atoms with Crippen molar-refractivity contribution in [2.24, 2.45) is 0 Å². The first-order valence-electron chi connectivity index (χ1n) is 5.94. The van der Waals surface area contributed by atoms with Crippen LogP contribution in [0.2, 0.25) is 5.02 Å². The lowest BCUT2D eigenvalue weighted by molar-refractivity contribution is -0.144. The lowest BCUT2D eigenvalue weighted by Gasteiger charge is -2.13. The van der Waals surface area contributed by atoms with Crippen molar-refractivity contribution in [3.8, 4) is 5.75 Å². The van der Waals surface area contributed by atoms with Crippen molar-refractivity contribution in [1.29, 1.82) is 0 Å². The van der Waals surface area contributed by atoms with Crippen LogP contribution in [0.15, 0.2) is 21.3 Å². The molecule has 6 heteroatoms. The fourth-order valence-corrected chi connectivity index (χ4v) is 1.98. The molecule has 1 aromatic carbocycles. The number of carboxylic acid groups (broad SMARTS) is 1. The Morgan fingerprint density at radius 1 is 1.35 bits per heavy atom. The highest BCUT2D eigenvalue weighted by Crippen LogP contribution is 2.32. The second kappa shape index (κ2) is 5.17. The number of halogens is 1. The lowest BCUT2D eigenvalue weighted by Crippen LogP contribution is -2.23. The van der Waals surface area contributed by atoms with Crippen molar-refractivity contribution >= 4 is 28.5 Å². The third-order valence-electron chi connectivity index (χ3n) is 3.16. The largest absolute Gasteiger partial charge is 0.479 e. The van der Waals surface area contributed by atoms with E-state index >= 15 is 0 Å². The van der Waals surface area contributed by atoms with Crippen LogP contribution in [0.3, 0.4) is 0 Å². The summed E-state index contributed by atoms with van der Waals surface area (Å²) in [4.78, 5) is 22.4. The van der Waals surface area contributed by atoms with E-state index in [2.05, 4.69) is 0 Å². The number of rotatable bonds is 3. The molecular formula is C14H13ClO5. The minimum absolute atomic E-state index is 0.167. The van der Waals surface area contributed by atoms with E-state index in [1.165, 1.54) is 13.0 Å². The molecule has 106 valence electrons. The zero-order chi connectivity index (χ0) is 15.0. The van der Waals surface area contributed by atoms with E-state index in [0.717, 1.165) is 5.56 Å². The Morgan fingerprint density at radius 2 is 2.00 bits per heavy atom. The molecule has 0 amide bonds. The molecule has 0 aliphatic carbocycles. The average Bonchev–Trinajstić information content (AvgIpc) is 2.38. The number of ether oxygens (including phenoxy) is 1. The molecular weight excluding hydrogens is 284 g/mol. The van der Waals surface area contributed by atoms with Crippen LogP contribution in [-0.4, -0.2) is 17.2 Å². The molecule has 1 atom stereocenters. The lowest BCUT2D eigenvalue weighted by atomic mass is 10.1. The van der Waals surface area contributed by atoms with Crippen molar-refractivity contribution in [2.75, 3.05) is 0 Å². The van der Waals surface area contributed by atoms with E-state index in [0.29, 0.717) is 16.5 Å². The summed E-state index contributed by atoms with van der Waals surface area (Å²) in [6.07, 6.45) is -1.05. The van der Waals surface area contributed by atoms with Gasteiger partial charge in [0, 0.05) is 17.0 Å². The molecule has 0 radical (unpaired) electrons. The molecule has 2 aromatic rings. The van der Waals surface area contributed by atoms with Gasteiger partial charge in [0.05, 0.1) is 5.02 Å². The number of aryl methyl sites for hydroxylation is 1. The zero-order valence-corrected chi connectivity index (χ0v) is 11.9. The second-order valence-corrected chi connectivity index (χ2v) is 4.92. The maximum Gasteiger partial charge on any atom is 0.344 e. The number of hydrogen-bond acceptors (Lipinski definition) is 4. The summed E-state index contributed by atoms with van der Waals surface area (Å²) in [6, 6.07) is 3.04. The summed E-state index contributed by atoms with van der Waals surface area (Å²) >= 11 is 6.08. The SMILES string of the molecule is Cc1c(C)c2cc(Cl)c(O[C@H](C)C(=O)O)cc2oc1=O. The predicted octanol–water partition coefficient (Wildman–Crippen LogP) is 2.92. The first kappa shape index (κ1) is 14.4. The number of hydrogen-bond donors (Lipinski definition) is 1. The topological polar surface area (TPSA) is 76.7 Å². The number of aliphatic carboxylic acids is 1. The van der Waals surface area contributed by atoms with Crippen molar-refractivity contribution in [1.82, 2.24) is 0 Å². The monoisotopic (exact) mass is 296 g/mol. The van der Waals surface area contributed by atoms with E-state index in [4.69, 9.17) is 25.9 Å². The minimum atomic E-state index is -1.11. The van der Waals surface area contributed by atoms with Crippen LogP contribution in [0.5, 0.6) is 5.75 Å². The van der Waals surface area contributed by atoms with Crippen molar-refractivity contribution in [2.45, 2.75) is 26.9 Å². The predicted molar refractivity (Wildman–Crippen MR) is 74.7 cm³/mol. The van der Waals surface area contributed by atoms with Crippen LogP contribution in [0.1, 0.15) is 18.1 Å². The molecule has 0 saturated carbocycles. The van der Waals surface area contributed by atoms with Gasteiger partial charge in [-0.2, -0.15) is 0 Å². The van der Waals surface area contributed by atoms with Gasteiger partial charge in [0.15, 0.2) is 6.10 Å². The van der Waals surface area contributed by atoms with Gasteiger partial charge in [0.2, 0.25) is 0 Å². The molecule has 0 unspecified atom stereocenters. The summed E-state index contributed by atoms with van der Waals surface area (Å²) in [6.45, 7) is 4.86. The fourth-order valence-electron chi connectivity index (χ4n) is 1.77. The molecule has 0 aliphatic heterocycles. The van der Waals surface area contributed by atoms with Gasteiger partial charge < -0.3 is 14.3 Å². The van der Waals surface area contributed by atoms with Gasteiger partial charge in [-0.05, 0) is 32.4 Å². The van der Waals surface area contributed by atoms with E-state index in [9.17, 15) is 9.59 Å². The van der Waals surface area contributed by atoms with E-state index in [1.54, 1.807) is 19.9 Å². The number of carboxylic acids is 1. The molecule has 1 aromatic heterocycles. The molecule has 0 fully saturated rings. The third kappa shape index (κ3) is 2.49. The first-order chi connectivity index (χ1) is 9.31. The van der Waals surface area contributed by atoms with Gasteiger partial charge in [0.1, 0.15) is 11.3 Å². The van der Waals surface area contributed by atoms with Crippen molar-refractivity contribution in [3.63, 3.8) is 0 Å². The Bertz CT molecular complexity index is 747. The van der Waals surface area contributed by atoms with Gasteiger partial charge in [-0.3, -0.25) is 0 Å². The molecule has 0 saturated heterocycles. The van der Waals surface area contributed by atoms with E-state index in [1.807, 2.05) is 0 Å². The van der Waals surface area contributed by atoms with Crippen LogP contribution in [0.4, 0.5) is 0 Å². The van der Waals surface area contributed by atoms with Crippen molar-refractivity contribution < 1.29 is 19.1 Å². The molecule has 0 aliphatic rings.